The van der Waals surface area contributed by atoms with E-state index in [4.69, 9.17) is 21.6 Å². The van der Waals surface area contributed by atoms with Crippen molar-refractivity contribution < 1.29 is 4.74 Å². The van der Waals surface area contributed by atoms with Gasteiger partial charge >= 0.3 is 0 Å². The highest BCUT2D eigenvalue weighted by molar-refractivity contribution is 7.15. The molecule has 0 radical (unpaired) electrons. The number of rotatable bonds is 4. The molecule has 0 bridgehead atoms. The molecule has 0 amide bonds. The minimum absolute atomic E-state index is 0.423. The number of ether oxygens (including phenoxy) is 1. The summed E-state index contributed by atoms with van der Waals surface area (Å²) in [6.07, 6.45) is 2.10. The van der Waals surface area contributed by atoms with Gasteiger partial charge in [0.05, 0.1) is 30.6 Å². The molecule has 0 aromatic carbocycles. The Labute approximate surface area is 79.6 Å². The summed E-state index contributed by atoms with van der Waals surface area (Å²) in [4.78, 5) is 4.84. The Morgan fingerprint density at radius 3 is 3.17 bits per heavy atom. The zero-order valence-electron chi connectivity index (χ0n) is 6.29. The number of aromatic nitrogens is 1. The molecule has 5 heteroatoms. The molecule has 64 valence electrons. The summed E-state index contributed by atoms with van der Waals surface area (Å²) in [5, 5.41) is 8.21. The zero-order chi connectivity index (χ0) is 8.81. The molecule has 0 N–H and O–H groups in total. The predicted molar refractivity (Wildman–Crippen MR) is 47.0 cm³/mol. The maximum Gasteiger partial charge on any atom is 0.183 e. The van der Waals surface area contributed by atoms with Crippen LogP contribution in [0.5, 0.6) is 0 Å². The summed E-state index contributed by atoms with van der Waals surface area (Å²) in [5.41, 5.74) is 0. The largest absolute Gasteiger partial charge is 0.375 e. The molecular weight excluding hydrogens is 196 g/mol. The summed E-state index contributed by atoms with van der Waals surface area (Å²) < 4.78 is 5.68. The molecule has 1 aromatic rings. The van der Waals surface area contributed by atoms with Crippen LogP contribution in [0.3, 0.4) is 0 Å². The molecule has 0 unspecified atom stereocenters. The quantitative estimate of drug-likeness (QED) is 0.704. The fourth-order valence-electron chi connectivity index (χ4n) is 0.641. The van der Waals surface area contributed by atoms with Crippen molar-refractivity contribution in [1.82, 2.24) is 4.98 Å². The molecule has 0 aliphatic rings. The van der Waals surface area contributed by atoms with Crippen molar-refractivity contribution >= 4 is 22.9 Å². The third-order valence-electron chi connectivity index (χ3n) is 1.13. The number of halogens is 1. The molecular formula is C7H7ClN2OS. The maximum absolute atomic E-state index is 8.21. The molecule has 0 saturated carbocycles. The third-order valence-corrected chi connectivity index (χ3v) is 2.22. The van der Waals surface area contributed by atoms with Gasteiger partial charge in [0.25, 0.3) is 0 Å². The highest BCUT2D eigenvalue weighted by atomic mass is 35.5. The number of thiazole rings is 1. The predicted octanol–water partition coefficient (Wildman–Crippen LogP) is 2.23. The lowest BCUT2D eigenvalue weighted by Crippen LogP contribution is -1.91. The van der Waals surface area contributed by atoms with E-state index in [2.05, 4.69) is 4.98 Å². The second-order valence-corrected chi connectivity index (χ2v) is 3.74. The molecule has 0 fully saturated rings. The number of hydrogen-bond acceptors (Lipinski definition) is 4. The Kier molecular flexibility index (Phi) is 4.01. The van der Waals surface area contributed by atoms with E-state index in [1.807, 2.05) is 6.07 Å². The van der Waals surface area contributed by atoms with Crippen molar-refractivity contribution in [3.63, 3.8) is 0 Å². The topological polar surface area (TPSA) is 45.9 Å². The summed E-state index contributed by atoms with van der Waals surface area (Å²) in [6, 6.07) is 2.00. The van der Waals surface area contributed by atoms with Gasteiger partial charge in [-0.05, 0) is 0 Å². The second kappa shape index (κ2) is 5.09. The van der Waals surface area contributed by atoms with Gasteiger partial charge < -0.3 is 4.74 Å². The Morgan fingerprint density at radius 1 is 1.75 bits per heavy atom. The lowest BCUT2D eigenvalue weighted by atomic mass is 10.5. The summed E-state index contributed by atoms with van der Waals surface area (Å²) in [6.45, 7) is 0.956. The Hall–Kier alpha value is -0.630. The molecule has 12 heavy (non-hydrogen) atoms. The van der Waals surface area contributed by atoms with E-state index in [0.29, 0.717) is 24.1 Å². The van der Waals surface area contributed by atoms with Crippen molar-refractivity contribution in [3.8, 4) is 6.07 Å². The summed E-state index contributed by atoms with van der Waals surface area (Å²) in [5.74, 6) is 0. The number of nitrogens with zero attached hydrogens (tertiary/aromatic N) is 2. The molecule has 0 aliphatic carbocycles. The molecule has 3 nitrogen and oxygen atoms in total. The van der Waals surface area contributed by atoms with Crippen LogP contribution in [0, 0.1) is 11.3 Å². The van der Waals surface area contributed by atoms with Crippen LogP contribution in [0.4, 0.5) is 0 Å². The van der Waals surface area contributed by atoms with Crippen LogP contribution in [-0.4, -0.2) is 11.6 Å². The highest BCUT2D eigenvalue weighted by Gasteiger charge is 1.98. The van der Waals surface area contributed by atoms with Crippen LogP contribution >= 0.6 is 22.9 Å². The van der Waals surface area contributed by atoms with Crippen molar-refractivity contribution in [2.75, 3.05) is 6.61 Å². The minimum atomic E-state index is 0.423. The van der Waals surface area contributed by atoms with E-state index in [0.717, 1.165) is 4.88 Å². The lowest BCUT2D eigenvalue weighted by Gasteiger charge is -1.95. The standard InChI is InChI=1S/C7H7ClN2OS/c8-7-10-4-6(12-7)5-11-3-1-2-9/h4H,1,3,5H2. The molecule has 1 aromatic heterocycles. The van der Waals surface area contributed by atoms with Gasteiger partial charge in [-0.3, -0.25) is 0 Å². The average Bonchev–Trinajstić information content (AvgIpc) is 2.45. The van der Waals surface area contributed by atoms with Crippen LogP contribution in [-0.2, 0) is 11.3 Å². The molecule has 1 rings (SSSR count). The van der Waals surface area contributed by atoms with Gasteiger partial charge in [0, 0.05) is 6.20 Å². The Balaban J connectivity index is 2.21. The van der Waals surface area contributed by atoms with Crippen molar-refractivity contribution in [2.24, 2.45) is 0 Å². The monoisotopic (exact) mass is 202 g/mol. The van der Waals surface area contributed by atoms with Crippen LogP contribution in [0.1, 0.15) is 11.3 Å². The molecule has 0 aliphatic heterocycles. The maximum atomic E-state index is 8.21. The van der Waals surface area contributed by atoms with Crippen molar-refractivity contribution in [1.29, 1.82) is 5.26 Å². The minimum Gasteiger partial charge on any atom is -0.375 e. The van der Waals surface area contributed by atoms with Gasteiger partial charge in [0.1, 0.15) is 0 Å². The average molecular weight is 203 g/mol. The van der Waals surface area contributed by atoms with Gasteiger partial charge in [-0.2, -0.15) is 5.26 Å². The fraction of sp³-hybridized carbons (Fsp3) is 0.429. The number of hydrogen-bond donors (Lipinski definition) is 0. The van der Waals surface area contributed by atoms with E-state index in [-0.39, 0.29) is 0 Å². The molecule has 0 spiro atoms. The molecule has 0 saturated heterocycles. The first-order valence-electron chi connectivity index (χ1n) is 3.38. The summed E-state index contributed by atoms with van der Waals surface area (Å²) in [7, 11) is 0. The van der Waals surface area contributed by atoms with Gasteiger partial charge in [-0.1, -0.05) is 11.6 Å². The molecule has 0 atom stereocenters. The van der Waals surface area contributed by atoms with Crippen LogP contribution in [0.25, 0.3) is 0 Å². The van der Waals surface area contributed by atoms with Gasteiger partial charge in [-0.25, -0.2) is 4.98 Å². The van der Waals surface area contributed by atoms with E-state index < -0.39 is 0 Å². The smallest absolute Gasteiger partial charge is 0.183 e. The first-order chi connectivity index (χ1) is 5.83. The van der Waals surface area contributed by atoms with E-state index >= 15 is 0 Å². The van der Waals surface area contributed by atoms with Gasteiger partial charge in [0.2, 0.25) is 0 Å². The van der Waals surface area contributed by atoms with Gasteiger partial charge in [-0.15, -0.1) is 11.3 Å². The zero-order valence-corrected chi connectivity index (χ0v) is 7.86. The van der Waals surface area contributed by atoms with Crippen LogP contribution in [0.15, 0.2) is 6.20 Å². The summed E-state index contributed by atoms with van der Waals surface area (Å²) >= 11 is 6.99. The SMILES string of the molecule is N#CCCOCc1cnc(Cl)s1. The normalized spacial score (nSPS) is 9.67. The van der Waals surface area contributed by atoms with Gasteiger partial charge in [0.15, 0.2) is 4.47 Å². The second-order valence-electron chi connectivity index (χ2n) is 2.04. The van der Waals surface area contributed by atoms with Crippen molar-refractivity contribution in [3.05, 3.63) is 15.5 Å². The highest BCUT2D eigenvalue weighted by Crippen LogP contribution is 2.18. The van der Waals surface area contributed by atoms with E-state index in [1.54, 1.807) is 6.20 Å². The number of nitriles is 1. The van der Waals surface area contributed by atoms with E-state index in [9.17, 15) is 0 Å². The van der Waals surface area contributed by atoms with Crippen molar-refractivity contribution in [2.45, 2.75) is 13.0 Å². The van der Waals surface area contributed by atoms with Crippen LogP contribution in [0.2, 0.25) is 4.47 Å². The van der Waals surface area contributed by atoms with E-state index in [1.165, 1.54) is 11.3 Å². The lowest BCUT2D eigenvalue weighted by molar-refractivity contribution is 0.128. The first kappa shape index (κ1) is 9.46. The molecule has 1 heterocycles. The fourth-order valence-corrected chi connectivity index (χ4v) is 1.56. The van der Waals surface area contributed by atoms with Crippen LogP contribution < -0.4 is 0 Å². The first-order valence-corrected chi connectivity index (χ1v) is 4.57. The Bertz CT molecular complexity index is 281. The third kappa shape index (κ3) is 3.18. The Morgan fingerprint density at radius 2 is 2.58 bits per heavy atom.